The number of aromatic nitrogens is 2. The summed E-state index contributed by atoms with van der Waals surface area (Å²) >= 11 is 0. The fourth-order valence-corrected chi connectivity index (χ4v) is 1.71. The van der Waals surface area contributed by atoms with Gasteiger partial charge in [-0.05, 0) is 24.6 Å². The SMILES string of the molecule is Cc1cccc(OCc2nccn2CCC#N)c1. The van der Waals surface area contributed by atoms with E-state index in [-0.39, 0.29) is 0 Å². The van der Waals surface area contributed by atoms with E-state index in [4.69, 9.17) is 10.00 Å². The molecule has 0 unspecified atom stereocenters. The summed E-state index contributed by atoms with van der Waals surface area (Å²) in [5, 5.41) is 8.58. The Hall–Kier alpha value is -2.28. The van der Waals surface area contributed by atoms with Gasteiger partial charge in [0.2, 0.25) is 0 Å². The van der Waals surface area contributed by atoms with Gasteiger partial charge in [-0.3, -0.25) is 0 Å². The number of aryl methyl sites for hydroxylation is 2. The molecule has 0 amide bonds. The van der Waals surface area contributed by atoms with Crippen LogP contribution in [0.2, 0.25) is 0 Å². The lowest BCUT2D eigenvalue weighted by molar-refractivity contribution is 0.289. The molecule has 0 spiro atoms. The molecule has 0 bridgehead atoms. The maximum absolute atomic E-state index is 8.58. The van der Waals surface area contributed by atoms with Gasteiger partial charge in [0.25, 0.3) is 0 Å². The maximum Gasteiger partial charge on any atom is 0.146 e. The number of ether oxygens (including phenoxy) is 1. The summed E-state index contributed by atoms with van der Waals surface area (Å²) in [5.41, 5.74) is 1.17. The first-order chi connectivity index (χ1) is 8.79. The summed E-state index contributed by atoms with van der Waals surface area (Å²) < 4.78 is 7.63. The molecule has 0 aliphatic carbocycles. The Labute approximate surface area is 106 Å². The van der Waals surface area contributed by atoms with Gasteiger partial charge in [-0.15, -0.1) is 0 Å². The molecule has 0 radical (unpaired) electrons. The molecule has 4 heteroatoms. The molecule has 1 aromatic carbocycles. The minimum absolute atomic E-state index is 0.419. The van der Waals surface area contributed by atoms with E-state index >= 15 is 0 Å². The van der Waals surface area contributed by atoms with Crippen LogP contribution in [0.3, 0.4) is 0 Å². The molecule has 4 nitrogen and oxygen atoms in total. The van der Waals surface area contributed by atoms with Gasteiger partial charge >= 0.3 is 0 Å². The molecule has 0 aliphatic rings. The Morgan fingerprint density at radius 2 is 2.33 bits per heavy atom. The molecule has 0 saturated carbocycles. The van der Waals surface area contributed by atoms with Crippen LogP contribution in [0.4, 0.5) is 0 Å². The Balaban J connectivity index is 1.98. The largest absolute Gasteiger partial charge is 0.486 e. The van der Waals surface area contributed by atoms with Crippen molar-refractivity contribution >= 4 is 0 Å². The summed E-state index contributed by atoms with van der Waals surface area (Å²) in [4.78, 5) is 4.24. The number of rotatable bonds is 5. The van der Waals surface area contributed by atoms with Crippen LogP contribution in [0.25, 0.3) is 0 Å². The Morgan fingerprint density at radius 3 is 3.11 bits per heavy atom. The highest BCUT2D eigenvalue weighted by molar-refractivity contribution is 5.27. The van der Waals surface area contributed by atoms with E-state index < -0.39 is 0 Å². The molecule has 0 saturated heterocycles. The van der Waals surface area contributed by atoms with Crippen molar-refractivity contribution in [2.75, 3.05) is 0 Å². The summed E-state index contributed by atoms with van der Waals surface area (Å²) in [6.45, 7) is 3.10. The van der Waals surface area contributed by atoms with Gasteiger partial charge in [-0.2, -0.15) is 5.26 Å². The van der Waals surface area contributed by atoms with Gasteiger partial charge in [0.05, 0.1) is 12.5 Å². The normalized spacial score (nSPS) is 10.0. The maximum atomic E-state index is 8.58. The predicted molar refractivity (Wildman–Crippen MR) is 68.0 cm³/mol. The van der Waals surface area contributed by atoms with Crippen molar-refractivity contribution in [3.63, 3.8) is 0 Å². The highest BCUT2D eigenvalue weighted by atomic mass is 16.5. The quantitative estimate of drug-likeness (QED) is 0.808. The van der Waals surface area contributed by atoms with Gasteiger partial charge in [-0.1, -0.05) is 12.1 Å². The fraction of sp³-hybridized carbons (Fsp3) is 0.286. The van der Waals surface area contributed by atoms with Crippen molar-refractivity contribution in [3.8, 4) is 11.8 Å². The minimum Gasteiger partial charge on any atom is -0.486 e. The molecule has 1 heterocycles. The number of benzene rings is 1. The van der Waals surface area contributed by atoms with Gasteiger partial charge in [0.1, 0.15) is 18.2 Å². The van der Waals surface area contributed by atoms with Gasteiger partial charge in [0, 0.05) is 18.9 Å². The van der Waals surface area contributed by atoms with Gasteiger partial charge in [-0.25, -0.2) is 4.98 Å². The molecule has 2 rings (SSSR count). The Morgan fingerprint density at radius 1 is 1.44 bits per heavy atom. The molecule has 0 aliphatic heterocycles. The first-order valence-corrected chi connectivity index (χ1v) is 5.86. The van der Waals surface area contributed by atoms with Crippen molar-refractivity contribution in [2.45, 2.75) is 26.5 Å². The molecular weight excluding hydrogens is 226 g/mol. The van der Waals surface area contributed by atoms with E-state index in [2.05, 4.69) is 11.1 Å². The monoisotopic (exact) mass is 241 g/mol. The van der Waals surface area contributed by atoms with Crippen LogP contribution in [0.5, 0.6) is 5.75 Å². The first kappa shape index (κ1) is 12.2. The van der Waals surface area contributed by atoms with Crippen molar-refractivity contribution in [1.82, 2.24) is 9.55 Å². The highest BCUT2D eigenvalue weighted by Crippen LogP contribution is 2.14. The molecule has 0 atom stereocenters. The molecule has 92 valence electrons. The molecule has 1 aromatic heterocycles. The van der Waals surface area contributed by atoms with E-state index in [0.717, 1.165) is 11.6 Å². The van der Waals surface area contributed by atoms with Gasteiger partial charge in [0.15, 0.2) is 0 Å². The van der Waals surface area contributed by atoms with Gasteiger partial charge < -0.3 is 9.30 Å². The van der Waals surface area contributed by atoms with E-state index in [0.29, 0.717) is 19.6 Å². The third kappa shape index (κ3) is 3.11. The molecular formula is C14H15N3O. The smallest absolute Gasteiger partial charge is 0.146 e. The number of imidazole rings is 1. The lowest BCUT2D eigenvalue weighted by Gasteiger charge is -2.08. The fourth-order valence-electron chi connectivity index (χ4n) is 1.71. The third-order valence-electron chi connectivity index (χ3n) is 2.62. The van der Waals surface area contributed by atoms with E-state index in [1.54, 1.807) is 6.20 Å². The number of nitriles is 1. The summed E-state index contributed by atoms with van der Waals surface area (Å²) in [6, 6.07) is 10.0. The van der Waals surface area contributed by atoms with E-state index in [9.17, 15) is 0 Å². The number of hydrogen-bond acceptors (Lipinski definition) is 3. The van der Waals surface area contributed by atoms with Crippen molar-refractivity contribution in [1.29, 1.82) is 5.26 Å². The zero-order valence-corrected chi connectivity index (χ0v) is 10.3. The lowest BCUT2D eigenvalue weighted by atomic mass is 10.2. The van der Waals surface area contributed by atoms with Crippen LogP contribution < -0.4 is 4.74 Å². The molecule has 0 fully saturated rings. The predicted octanol–water partition coefficient (Wildman–Crippen LogP) is 2.68. The van der Waals surface area contributed by atoms with Crippen LogP contribution in [-0.2, 0) is 13.2 Å². The topological polar surface area (TPSA) is 50.8 Å². The average molecular weight is 241 g/mol. The van der Waals surface area contributed by atoms with Crippen molar-refractivity contribution < 1.29 is 4.74 Å². The molecule has 0 N–H and O–H groups in total. The molecule has 18 heavy (non-hydrogen) atoms. The zero-order valence-electron chi connectivity index (χ0n) is 10.3. The van der Waals surface area contributed by atoms with Crippen LogP contribution in [0.15, 0.2) is 36.7 Å². The van der Waals surface area contributed by atoms with E-state index in [1.807, 2.05) is 42.0 Å². The van der Waals surface area contributed by atoms with Crippen LogP contribution >= 0.6 is 0 Å². The zero-order chi connectivity index (χ0) is 12.8. The van der Waals surface area contributed by atoms with Crippen LogP contribution in [0.1, 0.15) is 17.8 Å². The highest BCUT2D eigenvalue weighted by Gasteiger charge is 2.03. The lowest BCUT2D eigenvalue weighted by Crippen LogP contribution is -2.06. The standard InChI is InChI=1S/C14H15N3O/c1-12-4-2-5-13(10-12)18-11-14-16-7-9-17(14)8-3-6-15/h2,4-5,7,9-10H,3,8,11H2,1H3. The second kappa shape index (κ2) is 5.87. The first-order valence-electron chi connectivity index (χ1n) is 5.86. The van der Waals surface area contributed by atoms with Crippen LogP contribution in [-0.4, -0.2) is 9.55 Å². The summed E-state index contributed by atoms with van der Waals surface area (Å²) in [5.74, 6) is 1.68. The third-order valence-corrected chi connectivity index (χ3v) is 2.62. The van der Waals surface area contributed by atoms with E-state index in [1.165, 1.54) is 5.56 Å². The number of nitrogens with zero attached hydrogens (tertiary/aromatic N) is 3. The van der Waals surface area contributed by atoms with Crippen molar-refractivity contribution in [3.05, 3.63) is 48.0 Å². The second-order valence-corrected chi connectivity index (χ2v) is 4.05. The second-order valence-electron chi connectivity index (χ2n) is 4.05. The van der Waals surface area contributed by atoms with Crippen molar-refractivity contribution in [2.24, 2.45) is 0 Å². The summed E-state index contributed by atoms with van der Waals surface area (Å²) in [7, 11) is 0. The molecule has 2 aromatic rings. The number of hydrogen-bond donors (Lipinski definition) is 0. The summed E-state index contributed by atoms with van der Waals surface area (Å²) in [6.07, 6.45) is 4.08. The average Bonchev–Trinajstić information content (AvgIpc) is 2.81. The minimum atomic E-state index is 0.419. The Kier molecular flexibility index (Phi) is 3.98. The Bertz CT molecular complexity index is 554. The van der Waals surface area contributed by atoms with Crippen LogP contribution in [0, 0.1) is 18.3 Å².